The van der Waals surface area contributed by atoms with Crippen LogP contribution in [-0.4, -0.2) is 10.1 Å². The van der Waals surface area contributed by atoms with Crippen LogP contribution in [0.2, 0.25) is 0 Å². The molecule has 1 N–H and O–H groups in total. The first-order chi connectivity index (χ1) is 10.9. The van der Waals surface area contributed by atoms with Crippen LogP contribution in [0.15, 0.2) is 35.7 Å². The summed E-state index contributed by atoms with van der Waals surface area (Å²) in [5.74, 6) is -0.224. The normalized spacial score (nSPS) is 13.0. The zero-order valence-electron chi connectivity index (χ0n) is 11.3. The van der Waals surface area contributed by atoms with Gasteiger partial charge in [0.15, 0.2) is 5.76 Å². The minimum Gasteiger partial charge on any atom is -0.505 e. The third kappa shape index (κ3) is 2.93. The number of allylic oxidation sites excluding steroid dienone is 1. The third-order valence-corrected chi connectivity index (χ3v) is 4.96. The zero-order valence-corrected chi connectivity index (χ0v) is 12.9. The molecule has 2 aromatic heterocycles. The molecule has 3 nitrogen and oxygen atoms in total. The summed E-state index contributed by atoms with van der Waals surface area (Å²) in [4.78, 5) is 4.57. The number of hydrogen-bond acceptors (Lipinski definition) is 5. The van der Waals surface area contributed by atoms with E-state index in [1.165, 1.54) is 17.4 Å². The Kier molecular flexibility index (Phi) is 3.83. The van der Waals surface area contributed by atoms with Gasteiger partial charge in [-0.2, -0.15) is 18.4 Å². The molecule has 0 unspecified atom stereocenters. The predicted molar refractivity (Wildman–Crippen MR) is 84.0 cm³/mol. The Morgan fingerprint density at radius 1 is 1.26 bits per heavy atom. The van der Waals surface area contributed by atoms with E-state index in [1.54, 1.807) is 17.5 Å². The number of benzene rings is 1. The number of fused-ring (bicyclic) bond motifs is 1. The lowest BCUT2D eigenvalue weighted by atomic mass is 10.2. The maximum absolute atomic E-state index is 12.7. The molecule has 0 aliphatic rings. The Bertz CT molecular complexity index is 934. The number of aromatic nitrogens is 1. The second-order valence-corrected chi connectivity index (χ2v) is 6.49. The fraction of sp³-hybridized carbons (Fsp3) is 0.0667. The number of thiophene rings is 1. The summed E-state index contributed by atoms with van der Waals surface area (Å²) in [6.45, 7) is 0. The number of hydrogen-bond donors (Lipinski definition) is 1. The van der Waals surface area contributed by atoms with Gasteiger partial charge < -0.3 is 5.11 Å². The van der Waals surface area contributed by atoms with Gasteiger partial charge in [-0.3, -0.25) is 0 Å². The van der Waals surface area contributed by atoms with Crippen molar-refractivity contribution in [3.05, 3.63) is 51.2 Å². The predicted octanol–water partition coefficient (Wildman–Crippen LogP) is 5.33. The molecule has 116 valence electrons. The van der Waals surface area contributed by atoms with Gasteiger partial charge in [0.2, 0.25) is 0 Å². The van der Waals surface area contributed by atoms with Gasteiger partial charge in [-0.25, -0.2) is 4.98 Å². The van der Waals surface area contributed by atoms with Crippen LogP contribution in [0.4, 0.5) is 13.2 Å². The number of rotatable bonds is 2. The smallest absolute Gasteiger partial charge is 0.416 e. The first-order valence-corrected chi connectivity index (χ1v) is 7.95. The highest BCUT2D eigenvalue weighted by Gasteiger charge is 2.31. The van der Waals surface area contributed by atoms with E-state index in [1.807, 2.05) is 6.07 Å². The number of halogens is 3. The molecule has 1 aromatic carbocycles. The second kappa shape index (κ2) is 5.68. The van der Waals surface area contributed by atoms with E-state index in [0.29, 0.717) is 9.58 Å². The number of nitrogens with zero attached hydrogens (tertiary/aromatic N) is 2. The van der Waals surface area contributed by atoms with Crippen LogP contribution in [0.1, 0.15) is 15.4 Å². The van der Waals surface area contributed by atoms with Gasteiger partial charge in [-0.15, -0.1) is 22.7 Å². The molecule has 0 saturated carbocycles. The van der Waals surface area contributed by atoms with Crippen molar-refractivity contribution >= 4 is 44.2 Å². The number of aliphatic hydroxyl groups is 1. The molecule has 0 radical (unpaired) electrons. The number of aliphatic hydroxyl groups excluding tert-OH is 1. The first kappa shape index (κ1) is 15.5. The highest BCUT2D eigenvalue weighted by Crippen LogP contribution is 2.35. The Labute approximate surface area is 136 Å². The van der Waals surface area contributed by atoms with E-state index in [4.69, 9.17) is 0 Å². The molecule has 0 atom stereocenters. The standard InChI is InChI=1S/C15H7F3N2OS2/c16-15(17,18)8-3-4-11-10(6-8)20-14(23-11)9(7-19)13(21)12-2-1-5-22-12/h1-6,21H. The van der Waals surface area contributed by atoms with Crippen molar-refractivity contribution in [1.82, 2.24) is 4.98 Å². The van der Waals surface area contributed by atoms with Gasteiger partial charge in [0.1, 0.15) is 16.6 Å². The largest absolute Gasteiger partial charge is 0.505 e. The van der Waals surface area contributed by atoms with E-state index in [2.05, 4.69) is 4.98 Å². The molecule has 0 fully saturated rings. The van der Waals surface area contributed by atoms with Crippen LogP contribution < -0.4 is 0 Å². The van der Waals surface area contributed by atoms with Crippen LogP contribution >= 0.6 is 22.7 Å². The number of thiazole rings is 1. The van der Waals surface area contributed by atoms with Crippen molar-refractivity contribution in [2.45, 2.75) is 6.18 Å². The lowest BCUT2D eigenvalue weighted by Crippen LogP contribution is -2.03. The average molecular weight is 352 g/mol. The fourth-order valence-corrected chi connectivity index (χ4v) is 3.57. The molecule has 3 aromatic rings. The molecule has 0 bridgehead atoms. The van der Waals surface area contributed by atoms with Gasteiger partial charge in [-0.1, -0.05) is 6.07 Å². The topological polar surface area (TPSA) is 56.9 Å². The molecule has 23 heavy (non-hydrogen) atoms. The number of nitriles is 1. The maximum Gasteiger partial charge on any atom is 0.416 e. The summed E-state index contributed by atoms with van der Waals surface area (Å²) in [5.41, 5.74) is -0.708. The molecule has 3 rings (SSSR count). The van der Waals surface area contributed by atoms with Gasteiger partial charge >= 0.3 is 6.18 Å². The van der Waals surface area contributed by atoms with Crippen molar-refractivity contribution in [3.8, 4) is 6.07 Å². The van der Waals surface area contributed by atoms with Gasteiger partial charge in [0.05, 0.1) is 20.7 Å². The highest BCUT2D eigenvalue weighted by molar-refractivity contribution is 7.19. The summed E-state index contributed by atoms with van der Waals surface area (Å²) >= 11 is 2.31. The fourth-order valence-electron chi connectivity index (χ4n) is 1.95. The minimum atomic E-state index is -4.45. The van der Waals surface area contributed by atoms with Gasteiger partial charge in [-0.05, 0) is 29.6 Å². The van der Waals surface area contributed by atoms with Gasteiger partial charge in [0, 0.05) is 0 Å². The Hall–Kier alpha value is -2.37. The Balaban J connectivity index is 2.13. The minimum absolute atomic E-state index is 0.0535. The second-order valence-electron chi connectivity index (χ2n) is 4.51. The van der Waals surface area contributed by atoms with Crippen molar-refractivity contribution in [2.24, 2.45) is 0 Å². The zero-order chi connectivity index (χ0) is 16.6. The molecule has 0 spiro atoms. The van der Waals surface area contributed by atoms with E-state index in [0.717, 1.165) is 23.5 Å². The van der Waals surface area contributed by atoms with Crippen molar-refractivity contribution in [3.63, 3.8) is 0 Å². The molecule has 8 heteroatoms. The van der Waals surface area contributed by atoms with Crippen LogP contribution in [0.3, 0.4) is 0 Å². The van der Waals surface area contributed by atoms with E-state index in [-0.39, 0.29) is 21.9 Å². The average Bonchev–Trinajstić information content (AvgIpc) is 3.15. The Morgan fingerprint density at radius 3 is 2.65 bits per heavy atom. The maximum atomic E-state index is 12.7. The summed E-state index contributed by atoms with van der Waals surface area (Å²) in [6.07, 6.45) is -4.45. The van der Waals surface area contributed by atoms with Crippen LogP contribution in [0.5, 0.6) is 0 Å². The van der Waals surface area contributed by atoms with Crippen LogP contribution in [0.25, 0.3) is 21.5 Å². The van der Waals surface area contributed by atoms with Crippen molar-refractivity contribution in [2.75, 3.05) is 0 Å². The van der Waals surface area contributed by atoms with E-state index < -0.39 is 11.7 Å². The molecule has 2 heterocycles. The highest BCUT2D eigenvalue weighted by atomic mass is 32.1. The SMILES string of the molecule is N#CC(=C(O)c1cccs1)c1nc2cc(C(F)(F)F)ccc2s1. The van der Waals surface area contributed by atoms with Gasteiger partial charge in [0.25, 0.3) is 0 Å². The molecule has 0 aliphatic heterocycles. The summed E-state index contributed by atoms with van der Waals surface area (Å²) in [7, 11) is 0. The third-order valence-electron chi connectivity index (χ3n) is 3.03. The molecule has 0 amide bonds. The van der Waals surface area contributed by atoms with Crippen molar-refractivity contribution in [1.29, 1.82) is 5.26 Å². The summed E-state index contributed by atoms with van der Waals surface area (Å²) < 4.78 is 38.7. The lowest BCUT2D eigenvalue weighted by Gasteiger charge is -2.04. The van der Waals surface area contributed by atoms with Crippen LogP contribution in [0, 0.1) is 11.3 Å². The van der Waals surface area contributed by atoms with Crippen LogP contribution in [-0.2, 0) is 6.18 Å². The molecular formula is C15H7F3N2OS2. The van der Waals surface area contributed by atoms with Crippen molar-refractivity contribution < 1.29 is 18.3 Å². The first-order valence-electron chi connectivity index (χ1n) is 6.25. The van der Waals surface area contributed by atoms with E-state index in [9.17, 15) is 23.5 Å². The number of alkyl halides is 3. The summed E-state index contributed by atoms with van der Waals surface area (Å²) in [6, 6.07) is 8.47. The molecule has 0 saturated heterocycles. The van der Waals surface area contributed by atoms with E-state index >= 15 is 0 Å². The Morgan fingerprint density at radius 2 is 2.04 bits per heavy atom. The molecule has 0 aliphatic carbocycles. The summed E-state index contributed by atoms with van der Waals surface area (Å²) in [5, 5.41) is 21.4. The lowest BCUT2D eigenvalue weighted by molar-refractivity contribution is -0.137. The quantitative estimate of drug-likeness (QED) is 0.501. The molecular weight excluding hydrogens is 345 g/mol. The monoisotopic (exact) mass is 352 g/mol.